The maximum atomic E-state index is 13.9. The molecule has 4 amide bonds. The molecule has 3 aliphatic rings. The summed E-state index contributed by atoms with van der Waals surface area (Å²) in [5.41, 5.74) is 3.81. The summed E-state index contributed by atoms with van der Waals surface area (Å²) in [7, 11) is 2.55. The standard InChI is InChI=1S/C43H46N8O8/c1-24(2)36(48-42(54)56-3)40(52)50-18-8-12-30(50)38-44-22-28(46-38)26-14-16-32-34(20-26)58-33-17-15-27(21-35(33)59-32)29-23-45-39(47-29)31-13-9-19-51(31)41(53)37(49-43(55)57-4)25-10-6-5-7-11-25/h5-7,10-11,14-17,20-24,30-31,36-37H,8-9,12-13,18-19H2,1-4H3,(H,44,46)(H,45,47)(H,48,54)(H,49,55)/t30-,31-,36?,37+/m0/s1. The largest absolute Gasteiger partial charge is 0.453 e. The average Bonchev–Trinajstić information content (AvgIpc) is 4.10. The Bertz CT molecular complexity index is 2360. The first-order valence-electron chi connectivity index (χ1n) is 19.7. The van der Waals surface area contributed by atoms with Gasteiger partial charge in [-0.25, -0.2) is 19.6 Å². The van der Waals surface area contributed by atoms with E-state index in [1.54, 1.807) is 34.3 Å². The number of nitrogens with one attached hydrogen (secondary N) is 4. The van der Waals surface area contributed by atoms with Crippen molar-refractivity contribution < 1.29 is 38.1 Å². The summed E-state index contributed by atoms with van der Waals surface area (Å²) in [4.78, 5) is 71.5. The maximum absolute atomic E-state index is 13.9. The van der Waals surface area contributed by atoms with Gasteiger partial charge in [0.15, 0.2) is 23.0 Å². The van der Waals surface area contributed by atoms with Crippen molar-refractivity contribution >= 4 is 24.0 Å². The lowest BCUT2D eigenvalue weighted by Crippen LogP contribution is -2.51. The fourth-order valence-electron chi connectivity index (χ4n) is 8.00. The Balaban J connectivity index is 0.952. The van der Waals surface area contributed by atoms with Crippen LogP contribution in [0.3, 0.4) is 0 Å². The Morgan fingerprint density at radius 1 is 0.695 bits per heavy atom. The van der Waals surface area contributed by atoms with Crippen LogP contribution >= 0.6 is 0 Å². The fourth-order valence-corrected chi connectivity index (χ4v) is 8.00. The molecule has 0 bridgehead atoms. The molecule has 0 saturated carbocycles. The number of hydrogen-bond acceptors (Lipinski definition) is 10. The molecular formula is C43H46N8O8. The quantitative estimate of drug-likeness (QED) is 0.110. The van der Waals surface area contributed by atoms with Gasteiger partial charge in [0.05, 0.1) is 50.1 Å². The van der Waals surface area contributed by atoms with Crippen molar-refractivity contribution in [1.82, 2.24) is 40.4 Å². The van der Waals surface area contributed by atoms with Gasteiger partial charge in [-0.05, 0) is 73.6 Å². The first-order valence-corrected chi connectivity index (χ1v) is 19.7. The number of hydrogen-bond donors (Lipinski definition) is 4. The van der Waals surface area contributed by atoms with Crippen LogP contribution < -0.4 is 20.1 Å². The smallest absolute Gasteiger partial charge is 0.407 e. The number of carbonyl (C=O) groups is 4. The Hall–Kier alpha value is -6.84. The van der Waals surface area contributed by atoms with Gasteiger partial charge in [0.2, 0.25) is 5.91 Å². The lowest BCUT2D eigenvalue weighted by Gasteiger charge is -2.30. The van der Waals surface area contributed by atoms with E-state index in [9.17, 15) is 19.2 Å². The van der Waals surface area contributed by atoms with E-state index in [1.165, 1.54) is 14.2 Å². The molecule has 2 saturated heterocycles. The Kier molecular flexibility index (Phi) is 10.9. The average molecular weight is 803 g/mol. The number of alkyl carbamates (subject to hydrolysis) is 2. The molecule has 2 aromatic heterocycles. The van der Waals surface area contributed by atoms with E-state index < -0.39 is 24.3 Å². The van der Waals surface area contributed by atoms with Crippen LogP contribution in [0.1, 0.15) is 74.9 Å². The minimum Gasteiger partial charge on any atom is -0.453 e. The summed E-state index contributed by atoms with van der Waals surface area (Å²) in [5, 5.41) is 5.38. The highest BCUT2D eigenvalue weighted by Gasteiger charge is 2.39. The van der Waals surface area contributed by atoms with Gasteiger partial charge in [-0.3, -0.25) is 9.59 Å². The molecule has 0 spiro atoms. The monoisotopic (exact) mass is 802 g/mol. The Morgan fingerprint density at radius 3 is 1.71 bits per heavy atom. The van der Waals surface area contributed by atoms with Gasteiger partial charge in [0, 0.05) is 24.2 Å². The topological polar surface area (TPSA) is 193 Å². The predicted molar refractivity (Wildman–Crippen MR) is 214 cm³/mol. The third kappa shape index (κ3) is 7.89. The molecule has 16 nitrogen and oxygen atoms in total. The summed E-state index contributed by atoms with van der Waals surface area (Å²) < 4.78 is 22.2. The molecule has 5 heterocycles. The minimum atomic E-state index is -0.908. The van der Waals surface area contributed by atoms with Crippen LogP contribution in [0.4, 0.5) is 9.59 Å². The van der Waals surface area contributed by atoms with E-state index in [4.69, 9.17) is 18.9 Å². The molecule has 4 atom stereocenters. The number of ether oxygens (including phenoxy) is 4. The highest BCUT2D eigenvalue weighted by atomic mass is 16.6. The van der Waals surface area contributed by atoms with Gasteiger partial charge in [0.25, 0.3) is 5.91 Å². The zero-order valence-corrected chi connectivity index (χ0v) is 33.2. The van der Waals surface area contributed by atoms with Crippen LogP contribution in [0.25, 0.3) is 22.5 Å². The van der Waals surface area contributed by atoms with Crippen LogP contribution in [0.15, 0.2) is 79.1 Å². The van der Waals surface area contributed by atoms with Gasteiger partial charge in [-0.2, -0.15) is 0 Å². The lowest BCUT2D eigenvalue weighted by molar-refractivity contribution is -0.135. The normalized spacial score (nSPS) is 17.9. The zero-order chi connectivity index (χ0) is 41.2. The van der Waals surface area contributed by atoms with Crippen molar-refractivity contribution in [3.05, 3.63) is 96.3 Å². The maximum Gasteiger partial charge on any atom is 0.407 e. The molecule has 0 radical (unpaired) electrons. The highest BCUT2D eigenvalue weighted by molar-refractivity contribution is 5.88. The lowest BCUT2D eigenvalue weighted by atomic mass is 10.0. The highest BCUT2D eigenvalue weighted by Crippen LogP contribution is 2.48. The number of benzene rings is 3. The molecule has 2 fully saturated rings. The molecule has 5 aromatic rings. The number of imidazole rings is 2. The molecule has 1 unspecified atom stereocenters. The van der Waals surface area contributed by atoms with E-state index in [0.717, 1.165) is 41.8 Å². The summed E-state index contributed by atoms with van der Waals surface area (Å²) in [6.07, 6.45) is 5.21. The summed E-state index contributed by atoms with van der Waals surface area (Å²) in [6, 6.07) is 18.2. The van der Waals surface area contributed by atoms with Crippen molar-refractivity contribution in [1.29, 1.82) is 0 Å². The predicted octanol–water partition coefficient (Wildman–Crippen LogP) is 7.17. The van der Waals surface area contributed by atoms with Crippen molar-refractivity contribution in [2.45, 2.75) is 63.7 Å². The molecule has 8 rings (SSSR count). The summed E-state index contributed by atoms with van der Waals surface area (Å²) in [5.74, 6) is 2.93. The van der Waals surface area contributed by atoms with Crippen LogP contribution in [0.5, 0.6) is 23.0 Å². The third-order valence-electron chi connectivity index (χ3n) is 11.1. The van der Waals surface area contributed by atoms with Crippen molar-refractivity contribution in [2.24, 2.45) is 5.92 Å². The molecular weight excluding hydrogens is 757 g/mol. The number of fused-ring (bicyclic) bond motifs is 2. The Morgan fingerprint density at radius 2 is 1.20 bits per heavy atom. The van der Waals surface area contributed by atoms with Gasteiger partial charge < -0.3 is 49.3 Å². The van der Waals surface area contributed by atoms with Gasteiger partial charge in [-0.15, -0.1) is 0 Å². The second-order valence-electron chi connectivity index (χ2n) is 15.1. The minimum absolute atomic E-state index is 0.131. The van der Waals surface area contributed by atoms with Gasteiger partial charge in [-0.1, -0.05) is 44.2 Å². The second-order valence-corrected chi connectivity index (χ2v) is 15.1. The summed E-state index contributed by atoms with van der Waals surface area (Å²) >= 11 is 0. The zero-order valence-electron chi connectivity index (χ0n) is 33.2. The van der Waals surface area contributed by atoms with Crippen molar-refractivity contribution in [3.63, 3.8) is 0 Å². The number of rotatable bonds is 10. The molecule has 0 aliphatic carbocycles. The molecule has 16 heteroatoms. The number of carbonyl (C=O) groups excluding carboxylic acids is 4. The third-order valence-corrected chi connectivity index (χ3v) is 11.1. The van der Waals surface area contributed by atoms with E-state index in [1.807, 2.05) is 68.4 Å². The van der Waals surface area contributed by atoms with Gasteiger partial charge in [0.1, 0.15) is 23.7 Å². The summed E-state index contributed by atoms with van der Waals surface area (Å²) in [6.45, 7) is 4.86. The van der Waals surface area contributed by atoms with E-state index in [2.05, 4.69) is 30.6 Å². The number of methoxy groups -OCH3 is 2. The fraction of sp³-hybridized carbons (Fsp3) is 0.349. The van der Waals surface area contributed by atoms with Crippen LogP contribution in [0, 0.1) is 5.92 Å². The Labute approximate surface area is 340 Å². The van der Waals surface area contributed by atoms with Gasteiger partial charge >= 0.3 is 12.2 Å². The molecule has 3 aliphatic heterocycles. The van der Waals surface area contributed by atoms with E-state index >= 15 is 0 Å². The van der Waals surface area contributed by atoms with Crippen LogP contribution in [-0.2, 0) is 19.1 Å². The number of likely N-dealkylation sites (tertiary alicyclic amines) is 2. The molecule has 4 N–H and O–H groups in total. The number of aromatic nitrogens is 4. The van der Waals surface area contributed by atoms with E-state index in [-0.39, 0.29) is 29.8 Å². The van der Waals surface area contributed by atoms with Crippen molar-refractivity contribution in [2.75, 3.05) is 27.3 Å². The number of aromatic amines is 2. The number of amides is 4. The first kappa shape index (κ1) is 39.0. The van der Waals surface area contributed by atoms with Crippen molar-refractivity contribution in [3.8, 4) is 45.5 Å². The second kappa shape index (κ2) is 16.6. The molecule has 3 aromatic carbocycles. The number of nitrogens with zero attached hydrogens (tertiary/aromatic N) is 4. The molecule has 306 valence electrons. The van der Waals surface area contributed by atoms with Crippen LogP contribution in [-0.4, -0.2) is 87.1 Å². The van der Waals surface area contributed by atoms with E-state index in [0.29, 0.717) is 59.7 Å². The van der Waals surface area contributed by atoms with Crippen LogP contribution in [0.2, 0.25) is 0 Å². The molecule has 59 heavy (non-hydrogen) atoms. The SMILES string of the molecule is COC(=O)NC(C(=O)N1CCC[C@H]1c1ncc(-c2ccc3c(c2)Oc2ccc(-c4cnc([C@@H]5CCCN5C(=O)[C@H](NC(=O)OC)c5ccccc5)[nH]4)cc2O3)[nH]1)C(C)C. The first-order chi connectivity index (χ1) is 28.6. The number of H-pyrrole nitrogens is 2.